The summed E-state index contributed by atoms with van der Waals surface area (Å²) >= 11 is 1.84. The molecule has 2 aromatic rings. The van der Waals surface area contributed by atoms with Gasteiger partial charge >= 0.3 is 0 Å². The van der Waals surface area contributed by atoms with Gasteiger partial charge in [-0.15, -0.1) is 0 Å². The number of hydrogen-bond donors (Lipinski definition) is 1. The van der Waals surface area contributed by atoms with Crippen LogP contribution in [0, 0.1) is 11.6 Å². The van der Waals surface area contributed by atoms with Gasteiger partial charge in [0.1, 0.15) is 18.2 Å². The molecular formula is C22H26F2N2O3S2. The number of amides is 1. The molecular weight excluding hydrogens is 442 g/mol. The summed E-state index contributed by atoms with van der Waals surface area (Å²) < 4.78 is 53.7. The second-order valence-electron chi connectivity index (χ2n) is 7.42. The molecule has 1 amide bonds. The molecule has 5 nitrogen and oxygen atoms in total. The highest BCUT2D eigenvalue weighted by atomic mass is 32.2. The molecule has 2 aromatic carbocycles. The number of carbonyl (C=O) groups excluding carboxylic acids is 1. The minimum Gasteiger partial charge on any atom is -0.354 e. The summed E-state index contributed by atoms with van der Waals surface area (Å²) in [6, 6.07) is 9.20. The molecule has 0 aromatic heterocycles. The second-order valence-corrected chi connectivity index (χ2v) is 10.7. The molecule has 1 aliphatic rings. The van der Waals surface area contributed by atoms with Gasteiger partial charge < -0.3 is 5.32 Å². The van der Waals surface area contributed by atoms with Crippen LogP contribution in [0.1, 0.15) is 32.1 Å². The van der Waals surface area contributed by atoms with Crippen LogP contribution in [0.15, 0.2) is 53.4 Å². The van der Waals surface area contributed by atoms with Crippen LogP contribution >= 0.6 is 11.8 Å². The summed E-state index contributed by atoms with van der Waals surface area (Å²) in [6.45, 7) is -0.0205. The Bertz CT molecular complexity index is 961. The largest absolute Gasteiger partial charge is 0.354 e. The molecule has 31 heavy (non-hydrogen) atoms. The molecule has 1 aliphatic carbocycles. The van der Waals surface area contributed by atoms with Crippen LogP contribution in [0.25, 0.3) is 0 Å². The number of benzene rings is 2. The first-order chi connectivity index (χ1) is 14.9. The average Bonchev–Trinajstić information content (AvgIpc) is 2.77. The smallest absolute Gasteiger partial charge is 0.264 e. The molecule has 0 aliphatic heterocycles. The number of carbonyl (C=O) groups is 1. The van der Waals surface area contributed by atoms with E-state index in [-0.39, 0.29) is 10.6 Å². The molecule has 0 saturated heterocycles. The number of anilines is 1. The number of hydrogen-bond acceptors (Lipinski definition) is 4. The van der Waals surface area contributed by atoms with Crippen molar-refractivity contribution in [1.82, 2.24) is 5.32 Å². The van der Waals surface area contributed by atoms with Crippen LogP contribution in [-0.4, -0.2) is 38.4 Å². The fourth-order valence-electron chi connectivity index (χ4n) is 3.49. The van der Waals surface area contributed by atoms with Crippen LogP contribution in [0.4, 0.5) is 14.5 Å². The maximum absolute atomic E-state index is 13.3. The molecule has 1 saturated carbocycles. The predicted octanol–water partition coefficient (Wildman–Crippen LogP) is 4.34. The van der Waals surface area contributed by atoms with Crippen molar-refractivity contribution in [2.24, 2.45) is 0 Å². The van der Waals surface area contributed by atoms with Crippen LogP contribution in [0.5, 0.6) is 0 Å². The fourth-order valence-corrected chi connectivity index (χ4v) is 6.13. The number of halogens is 2. The minimum atomic E-state index is -4.15. The fraction of sp³-hybridized carbons (Fsp3) is 0.409. The van der Waals surface area contributed by atoms with Gasteiger partial charge in [0.05, 0.1) is 10.6 Å². The third-order valence-corrected chi connectivity index (χ3v) is 8.30. The van der Waals surface area contributed by atoms with E-state index < -0.39 is 34.1 Å². The molecule has 9 heteroatoms. The summed E-state index contributed by atoms with van der Waals surface area (Å²) in [5.74, 6) is -0.788. The standard InChI is InChI=1S/C22H26F2N2O3S2/c23-17-6-10-19(11-7-17)26(31(28,29)21-12-8-18(24)9-13-21)16-22(27)25-14-15-30-20-4-2-1-3-5-20/h6-13,20H,1-5,14-16H2,(H,25,27). The second kappa shape index (κ2) is 10.9. The van der Waals surface area contributed by atoms with E-state index in [1.807, 2.05) is 11.8 Å². The first kappa shape index (κ1) is 23.5. The van der Waals surface area contributed by atoms with E-state index in [1.54, 1.807) is 0 Å². The van der Waals surface area contributed by atoms with Crippen LogP contribution in [0.3, 0.4) is 0 Å². The molecule has 0 bridgehead atoms. The van der Waals surface area contributed by atoms with E-state index >= 15 is 0 Å². The summed E-state index contributed by atoms with van der Waals surface area (Å²) in [5.41, 5.74) is 0.150. The number of thioether (sulfide) groups is 1. The minimum absolute atomic E-state index is 0.150. The molecule has 1 N–H and O–H groups in total. The van der Waals surface area contributed by atoms with E-state index in [1.165, 1.54) is 44.2 Å². The number of sulfonamides is 1. The van der Waals surface area contributed by atoms with Gasteiger partial charge in [-0.1, -0.05) is 19.3 Å². The van der Waals surface area contributed by atoms with Crippen LogP contribution in [0.2, 0.25) is 0 Å². The highest BCUT2D eigenvalue weighted by molar-refractivity contribution is 7.99. The van der Waals surface area contributed by atoms with E-state index in [9.17, 15) is 22.0 Å². The van der Waals surface area contributed by atoms with Gasteiger partial charge in [-0.2, -0.15) is 11.8 Å². The molecule has 168 valence electrons. The quantitative estimate of drug-likeness (QED) is 0.556. The Morgan fingerprint density at radius 1 is 0.968 bits per heavy atom. The molecule has 3 rings (SSSR count). The Hall–Kier alpha value is -2.13. The van der Waals surface area contributed by atoms with E-state index in [2.05, 4.69) is 5.32 Å². The van der Waals surface area contributed by atoms with Crippen molar-refractivity contribution in [2.75, 3.05) is 23.1 Å². The first-order valence-electron chi connectivity index (χ1n) is 10.3. The average molecular weight is 469 g/mol. The Kier molecular flexibility index (Phi) is 8.31. The number of rotatable bonds is 9. The van der Waals surface area contributed by atoms with E-state index in [0.717, 1.165) is 46.5 Å². The van der Waals surface area contributed by atoms with Crippen LogP contribution in [-0.2, 0) is 14.8 Å². The zero-order valence-corrected chi connectivity index (χ0v) is 18.7. The van der Waals surface area contributed by atoms with Gasteiger partial charge in [-0.3, -0.25) is 9.10 Å². The van der Waals surface area contributed by atoms with Gasteiger partial charge in [0.2, 0.25) is 5.91 Å². The topological polar surface area (TPSA) is 66.5 Å². The van der Waals surface area contributed by atoms with Gasteiger partial charge in [-0.05, 0) is 61.4 Å². The summed E-state index contributed by atoms with van der Waals surface area (Å²) in [6.07, 6.45) is 6.19. The van der Waals surface area contributed by atoms with Gasteiger partial charge in [0, 0.05) is 17.5 Å². The maximum Gasteiger partial charge on any atom is 0.264 e. The summed E-state index contributed by atoms with van der Waals surface area (Å²) in [7, 11) is -4.15. The lowest BCUT2D eigenvalue weighted by Gasteiger charge is -2.24. The van der Waals surface area contributed by atoms with Crippen molar-refractivity contribution < 1.29 is 22.0 Å². The lowest BCUT2D eigenvalue weighted by Crippen LogP contribution is -2.41. The van der Waals surface area contributed by atoms with Crippen LogP contribution < -0.4 is 9.62 Å². The third-order valence-electron chi connectivity index (χ3n) is 5.13. The molecule has 0 unspecified atom stereocenters. The monoisotopic (exact) mass is 468 g/mol. The van der Waals surface area contributed by atoms with Crippen molar-refractivity contribution in [3.63, 3.8) is 0 Å². The zero-order chi connectivity index (χ0) is 22.3. The predicted molar refractivity (Wildman–Crippen MR) is 120 cm³/mol. The summed E-state index contributed by atoms with van der Waals surface area (Å²) in [4.78, 5) is 12.4. The zero-order valence-electron chi connectivity index (χ0n) is 17.1. The highest BCUT2D eigenvalue weighted by Crippen LogP contribution is 2.28. The van der Waals surface area contributed by atoms with E-state index in [4.69, 9.17) is 0 Å². The third kappa shape index (κ3) is 6.67. The molecule has 0 spiro atoms. The maximum atomic E-state index is 13.3. The molecule has 0 atom stereocenters. The Balaban J connectivity index is 1.67. The number of nitrogens with zero attached hydrogens (tertiary/aromatic N) is 1. The van der Waals surface area contributed by atoms with Crippen molar-refractivity contribution in [3.05, 3.63) is 60.2 Å². The molecule has 1 fully saturated rings. The van der Waals surface area contributed by atoms with Crippen molar-refractivity contribution in [1.29, 1.82) is 0 Å². The normalized spacial score (nSPS) is 14.9. The summed E-state index contributed by atoms with van der Waals surface area (Å²) in [5, 5.41) is 3.39. The van der Waals surface area contributed by atoms with Gasteiger partial charge in [-0.25, -0.2) is 17.2 Å². The Morgan fingerprint density at radius 3 is 2.16 bits per heavy atom. The highest BCUT2D eigenvalue weighted by Gasteiger charge is 2.27. The van der Waals surface area contributed by atoms with Crippen molar-refractivity contribution in [2.45, 2.75) is 42.2 Å². The van der Waals surface area contributed by atoms with E-state index in [0.29, 0.717) is 11.8 Å². The van der Waals surface area contributed by atoms with Gasteiger partial charge in [0.25, 0.3) is 10.0 Å². The van der Waals surface area contributed by atoms with Crippen molar-refractivity contribution >= 4 is 33.4 Å². The first-order valence-corrected chi connectivity index (χ1v) is 12.8. The molecule has 0 heterocycles. The molecule has 0 radical (unpaired) electrons. The van der Waals surface area contributed by atoms with Gasteiger partial charge in [0.15, 0.2) is 0 Å². The Labute approximate surface area is 186 Å². The lowest BCUT2D eigenvalue weighted by molar-refractivity contribution is -0.119. The van der Waals surface area contributed by atoms with Crippen molar-refractivity contribution in [3.8, 4) is 0 Å². The Morgan fingerprint density at radius 2 is 1.55 bits per heavy atom. The number of nitrogens with one attached hydrogen (secondary N) is 1. The lowest BCUT2D eigenvalue weighted by atomic mass is 10.0. The SMILES string of the molecule is O=C(CN(c1ccc(F)cc1)S(=O)(=O)c1ccc(F)cc1)NCCSC1CCCCC1.